The molecule has 32 heteroatoms. The van der Waals surface area contributed by atoms with Crippen molar-refractivity contribution < 1.29 is 127 Å². The fourth-order valence-electron chi connectivity index (χ4n) is 9.35. The third-order valence-corrected chi connectivity index (χ3v) is 14.5. The zero-order chi connectivity index (χ0) is 78.4. The fraction of sp³-hybridized carbons (Fsp3) is 0.147. The molecular formula is C75H56F18N4O10. The molecule has 0 radical (unpaired) electrons. The lowest BCUT2D eigenvalue weighted by Gasteiger charge is -2.38. The number of anilines is 4. The molecule has 0 heterocycles. The fourth-order valence-corrected chi connectivity index (χ4v) is 9.35. The van der Waals surface area contributed by atoms with Crippen molar-refractivity contribution in [2.45, 2.75) is 55.7 Å². The molecule has 0 saturated heterocycles. The molecule has 0 aromatic heterocycles. The van der Waals surface area contributed by atoms with Crippen molar-refractivity contribution in [2.24, 2.45) is 0 Å². The Kier molecular flexibility index (Phi) is 27.7. The standard InChI is InChI=1S/C37H23F11N2O5.C34H23F5N2O5.2C2H5F/c38-34(55-48,37(45,46)47)32(52)50-26-12-20-30(21-13-26)54-28-16-8-24(9-17-28)33(35(39,40)41,36(42,43)44)23-6-14-27(15-7-23)53-29-18-10-25(11-19-29)49-31(51)22-4-2-1-3-5-22;35-33(46-39,34(36,37)38)32(43)41-26-12-20-30(21-13-26)45-28-16-8-23(9-17-28)22-6-14-27(15-7-22)44-29-18-10-25(11-19-29)40-31(42)24-4-2-1-3-5-24;2*1-2-3/h1-21H,(H,49,51)(H,50,52);1-21H,(H,40,42)(H,41,43);2*2H2,1H3. The van der Waals surface area contributed by atoms with Crippen LogP contribution in [0.4, 0.5) is 102 Å². The lowest BCUT2D eigenvalue weighted by Crippen LogP contribution is -2.54. The molecule has 4 N–H and O–H groups in total. The van der Waals surface area contributed by atoms with Crippen LogP contribution in [0.5, 0.6) is 46.0 Å². The van der Waals surface area contributed by atoms with Gasteiger partial charge in [-0.3, -0.25) is 28.0 Å². The minimum absolute atomic E-state index is 0.0995. The van der Waals surface area contributed by atoms with E-state index in [1.807, 2.05) is 42.5 Å². The highest BCUT2D eigenvalue weighted by Gasteiger charge is 2.73. The van der Waals surface area contributed by atoms with E-state index in [0.29, 0.717) is 64.0 Å². The number of ether oxygens (including phenoxy) is 4. The van der Waals surface area contributed by atoms with Crippen LogP contribution in [0.1, 0.15) is 45.7 Å². The Labute approximate surface area is 596 Å². The van der Waals surface area contributed by atoms with Gasteiger partial charge in [0.05, 0.1) is 13.3 Å². The number of rotatable bonds is 21. The predicted molar refractivity (Wildman–Crippen MR) is 357 cm³/mol. The maximum Gasteiger partial charge on any atom is 0.461 e. The summed E-state index contributed by atoms with van der Waals surface area (Å²) >= 11 is 0. The van der Waals surface area contributed by atoms with Crippen LogP contribution >= 0.6 is 0 Å². The van der Waals surface area contributed by atoms with Crippen LogP contribution in [0.2, 0.25) is 0 Å². The SMILES string of the molecule is CCF.CCF.O=C(Nc1ccc(Oc2ccc(-c3ccc(Oc4ccc(NC(=O)C(F)(OF)C(F)(F)F)cc4)cc3)cc2)cc1)c1ccccc1.O=C(Nc1ccc(Oc2ccc(C(c3ccc(Oc4ccc(NC(=O)C(F)(OF)C(F)(F)F)cc4)cc3)(C(F)(F)F)C(F)(F)F)cc2)cc1)c1ccccc1. The van der Waals surface area contributed by atoms with Crippen molar-refractivity contribution in [1.82, 2.24) is 0 Å². The van der Waals surface area contributed by atoms with Gasteiger partial charge >= 0.3 is 48.2 Å². The first-order chi connectivity index (χ1) is 50.6. The molecule has 14 nitrogen and oxygen atoms in total. The molecule has 10 aromatic rings. The zero-order valence-corrected chi connectivity index (χ0v) is 55.0. The molecule has 10 aromatic carbocycles. The zero-order valence-electron chi connectivity index (χ0n) is 55.0. The highest BCUT2D eigenvalue weighted by Crippen LogP contribution is 2.57. The van der Waals surface area contributed by atoms with Gasteiger partial charge in [-0.1, -0.05) is 84.9 Å². The summed E-state index contributed by atoms with van der Waals surface area (Å²) in [5.74, 6) is -14.5. The molecule has 0 bridgehead atoms. The monoisotopic (exact) mass is 1510 g/mol. The number of amides is 4. The number of hydrogen-bond acceptors (Lipinski definition) is 10. The van der Waals surface area contributed by atoms with E-state index in [0.717, 1.165) is 71.8 Å². The Bertz CT molecular complexity index is 4480. The van der Waals surface area contributed by atoms with Crippen molar-refractivity contribution in [3.8, 4) is 57.1 Å². The van der Waals surface area contributed by atoms with Crippen LogP contribution in [0, 0.1) is 0 Å². The summed E-state index contributed by atoms with van der Waals surface area (Å²) < 4.78 is 259. The van der Waals surface area contributed by atoms with E-state index < -0.39 is 70.5 Å². The first-order valence-corrected chi connectivity index (χ1v) is 30.9. The summed E-state index contributed by atoms with van der Waals surface area (Å²) in [6, 6.07) is 58.9. The summed E-state index contributed by atoms with van der Waals surface area (Å²) in [5.41, 5.74) is -3.91. The van der Waals surface area contributed by atoms with Gasteiger partial charge in [0.1, 0.15) is 46.0 Å². The second-order valence-corrected chi connectivity index (χ2v) is 21.8. The van der Waals surface area contributed by atoms with Crippen molar-refractivity contribution in [2.75, 3.05) is 34.6 Å². The topological polar surface area (TPSA) is 172 Å². The summed E-state index contributed by atoms with van der Waals surface area (Å²) in [6.45, 7) is 2.42. The van der Waals surface area contributed by atoms with Gasteiger partial charge in [-0.25, -0.2) is 0 Å². The van der Waals surface area contributed by atoms with Gasteiger partial charge in [0.2, 0.25) is 5.41 Å². The molecule has 0 spiro atoms. The Morgan fingerprint density at radius 1 is 0.290 bits per heavy atom. The second-order valence-electron chi connectivity index (χ2n) is 21.8. The Hall–Kier alpha value is -12.1. The van der Waals surface area contributed by atoms with E-state index in [9.17, 15) is 98.5 Å². The highest BCUT2D eigenvalue weighted by molar-refractivity contribution is 6.05. The Balaban J connectivity index is 0.000000281. The van der Waals surface area contributed by atoms with Crippen LogP contribution in [0.15, 0.2) is 255 Å². The van der Waals surface area contributed by atoms with Crippen LogP contribution < -0.4 is 40.2 Å². The molecule has 0 aliphatic rings. The summed E-state index contributed by atoms with van der Waals surface area (Å²) in [7, 11) is 0. The molecule has 10 rings (SSSR count). The van der Waals surface area contributed by atoms with Gasteiger partial charge < -0.3 is 40.2 Å². The molecular weight excluding hydrogens is 1460 g/mol. The predicted octanol–water partition coefficient (Wildman–Crippen LogP) is 22.2. The van der Waals surface area contributed by atoms with Crippen molar-refractivity contribution in [1.29, 1.82) is 0 Å². The number of halogens is 18. The van der Waals surface area contributed by atoms with E-state index in [1.54, 1.807) is 96.3 Å². The second kappa shape index (κ2) is 36.1. The molecule has 0 aliphatic heterocycles. The van der Waals surface area contributed by atoms with E-state index in [1.165, 1.54) is 55.6 Å². The maximum absolute atomic E-state index is 14.7. The van der Waals surface area contributed by atoms with E-state index in [2.05, 4.69) is 20.5 Å². The van der Waals surface area contributed by atoms with Gasteiger partial charge in [-0.2, -0.15) is 61.5 Å². The quantitative estimate of drug-likeness (QED) is 0.0508. The number of carbonyl (C=O) groups excluding carboxylic acids is 4. The summed E-state index contributed by atoms with van der Waals surface area (Å²) in [5, 5.41) is 8.56. The summed E-state index contributed by atoms with van der Waals surface area (Å²) in [4.78, 5) is 52.4. The van der Waals surface area contributed by atoms with Gasteiger partial charge in [0.25, 0.3) is 11.8 Å². The molecule has 0 fully saturated rings. The molecule has 0 aliphatic carbocycles. The first kappa shape index (κ1) is 82.2. The third kappa shape index (κ3) is 21.1. The Morgan fingerprint density at radius 3 is 0.701 bits per heavy atom. The number of carbonyl (C=O) groups is 4. The normalized spacial score (nSPS) is 12.6. The van der Waals surface area contributed by atoms with Crippen molar-refractivity contribution >= 4 is 46.4 Å². The van der Waals surface area contributed by atoms with Crippen molar-refractivity contribution in [3.63, 3.8) is 0 Å². The molecule has 562 valence electrons. The van der Waals surface area contributed by atoms with Gasteiger partial charge in [-0.15, -0.1) is 9.88 Å². The first-order valence-electron chi connectivity index (χ1n) is 30.9. The Morgan fingerprint density at radius 2 is 0.495 bits per heavy atom. The van der Waals surface area contributed by atoms with Crippen LogP contribution in [0.25, 0.3) is 11.1 Å². The average molecular weight is 1520 g/mol. The average Bonchev–Trinajstić information content (AvgIpc) is 0.716. The van der Waals surface area contributed by atoms with Crippen LogP contribution in [-0.4, -0.2) is 73.4 Å². The third-order valence-electron chi connectivity index (χ3n) is 14.5. The molecule has 2 unspecified atom stereocenters. The van der Waals surface area contributed by atoms with E-state index in [-0.39, 0.29) is 59.6 Å². The van der Waals surface area contributed by atoms with Gasteiger partial charge in [0, 0.05) is 33.9 Å². The molecule has 107 heavy (non-hydrogen) atoms. The minimum atomic E-state index is -6.07. The van der Waals surface area contributed by atoms with E-state index >= 15 is 0 Å². The highest BCUT2D eigenvalue weighted by atomic mass is 19.4. The van der Waals surface area contributed by atoms with Crippen LogP contribution in [0.3, 0.4) is 0 Å². The number of alkyl halides is 16. The molecule has 2 atom stereocenters. The molecule has 0 saturated carbocycles. The number of hydrogen-bond donors (Lipinski definition) is 4. The lowest BCUT2D eigenvalue weighted by molar-refractivity contribution is -0.379. The van der Waals surface area contributed by atoms with Crippen molar-refractivity contribution in [3.05, 3.63) is 277 Å². The summed E-state index contributed by atoms with van der Waals surface area (Å²) in [6.07, 6.45) is -23.8. The van der Waals surface area contributed by atoms with Gasteiger partial charge in [-0.05, 0) is 215 Å². The van der Waals surface area contributed by atoms with E-state index in [4.69, 9.17) is 18.9 Å². The largest absolute Gasteiger partial charge is 0.461 e. The number of benzene rings is 10. The maximum atomic E-state index is 14.7. The number of nitrogens with one attached hydrogen (secondary N) is 4. The van der Waals surface area contributed by atoms with Gasteiger partial charge in [0.15, 0.2) is 0 Å². The molecule has 4 amide bonds. The van der Waals surface area contributed by atoms with Crippen LogP contribution in [-0.2, 0) is 24.9 Å². The lowest BCUT2D eigenvalue weighted by atomic mass is 9.73. The smallest absolute Gasteiger partial charge is 0.457 e. The minimum Gasteiger partial charge on any atom is -0.457 e.